The van der Waals surface area contributed by atoms with Crippen molar-refractivity contribution in [3.05, 3.63) is 64.4 Å². The number of hydrogen-bond donors (Lipinski definition) is 1. The summed E-state index contributed by atoms with van der Waals surface area (Å²) in [4.78, 5) is 1.33. The van der Waals surface area contributed by atoms with Gasteiger partial charge in [-0.15, -0.1) is 11.3 Å². The summed E-state index contributed by atoms with van der Waals surface area (Å²) in [5.41, 5.74) is 3.41. The van der Waals surface area contributed by atoms with E-state index in [0.29, 0.717) is 0 Å². The minimum Gasteiger partial charge on any atom is -0.380 e. The SMILES string of the molecule is C=C(NCc1cccs1)c1ccc(C)cc1.CCCCC. The van der Waals surface area contributed by atoms with E-state index < -0.39 is 0 Å². The van der Waals surface area contributed by atoms with Crippen LogP contribution in [-0.4, -0.2) is 0 Å². The second-order valence-electron chi connectivity index (χ2n) is 5.13. The summed E-state index contributed by atoms with van der Waals surface area (Å²) in [6, 6.07) is 12.6. The lowest BCUT2D eigenvalue weighted by molar-refractivity contribution is 0.772. The molecule has 0 aliphatic rings. The summed E-state index contributed by atoms with van der Waals surface area (Å²) in [5.74, 6) is 0. The van der Waals surface area contributed by atoms with Crippen molar-refractivity contribution in [2.24, 2.45) is 0 Å². The van der Waals surface area contributed by atoms with Gasteiger partial charge in [-0.25, -0.2) is 0 Å². The van der Waals surface area contributed by atoms with Gasteiger partial charge in [0.2, 0.25) is 0 Å². The Morgan fingerprint density at radius 2 is 1.76 bits per heavy atom. The molecule has 2 rings (SSSR count). The lowest BCUT2D eigenvalue weighted by Gasteiger charge is -2.08. The van der Waals surface area contributed by atoms with Crippen LogP contribution in [0.1, 0.15) is 49.1 Å². The van der Waals surface area contributed by atoms with Gasteiger partial charge in [-0.3, -0.25) is 0 Å². The minimum absolute atomic E-state index is 0.852. The Hall–Kier alpha value is -1.54. The van der Waals surface area contributed by atoms with Gasteiger partial charge in [0.25, 0.3) is 0 Å². The minimum atomic E-state index is 0.852. The molecule has 0 fully saturated rings. The van der Waals surface area contributed by atoms with E-state index in [1.807, 2.05) is 0 Å². The van der Waals surface area contributed by atoms with Crippen molar-refractivity contribution < 1.29 is 0 Å². The summed E-state index contributed by atoms with van der Waals surface area (Å²) in [7, 11) is 0. The third-order valence-corrected chi connectivity index (χ3v) is 4.04. The summed E-state index contributed by atoms with van der Waals surface area (Å²) >= 11 is 1.76. The Labute approximate surface area is 133 Å². The molecule has 1 N–H and O–H groups in total. The van der Waals surface area contributed by atoms with Crippen LogP contribution in [0.25, 0.3) is 5.70 Å². The van der Waals surface area contributed by atoms with Crippen molar-refractivity contribution in [3.8, 4) is 0 Å². The van der Waals surface area contributed by atoms with Gasteiger partial charge in [-0.05, 0) is 23.9 Å². The van der Waals surface area contributed by atoms with E-state index in [0.717, 1.165) is 17.8 Å². The molecule has 0 aliphatic heterocycles. The molecule has 0 unspecified atom stereocenters. The molecule has 2 heteroatoms. The van der Waals surface area contributed by atoms with Gasteiger partial charge in [-0.2, -0.15) is 0 Å². The molecule has 1 heterocycles. The fourth-order valence-electron chi connectivity index (χ4n) is 1.82. The van der Waals surface area contributed by atoms with E-state index in [1.54, 1.807) is 11.3 Å². The van der Waals surface area contributed by atoms with E-state index in [2.05, 4.69) is 74.4 Å². The van der Waals surface area contributed by atoms with Crippen LogP contribution in [0, 0.1) is 6.92 Å². The molecule has 0 bridgehead atoms. The maximum absolute atomic E-state index is 4.05. The molecule has 21 heavy (non-hydrogen) atoms. The zero-order valence-electron chi connectivity index (χ0n) is 13.5. The van der Waals surface area contributed by atoms with Gasteiger partial charge in [-0.1, -0.05) is 75.6 Å². The Morgan fingerprint density at radius 1 is 1.10 bits per heavy atom. The van der Waals surface area contributed by atoms with E-state index in [4.69, 9.17) is 0 Å². The molecule has 1 aromatic carbocycles. The van der Waals surface area contributed by atoms with Gasteiger partial charge < -0.3 is 5.32 Å². The average molecular weight is 301 g/mol. The summed E-state index contributed by atoms with van der Waals surface area (Å²) in [5, 5.41) is 5.43. The molecular weight excluding hydrogens is 274 g/mol. The van der Waals surface area contributed by atoms with Crippen molar-refractivity contribution in [3.63, 3.8) is 0 Å². The summed E-state index contributed by atoms with van der Waals surface area (Å²) < 4.78 is 0. The topological polar surface area (TPSA) is 12.0 Å². The zero-order chi connectivity index (χ0) is 15.5. The highest BCUT2D eigenvalue weighted by atomic mass is 32.1. The predicted molar refractivity (Wildman–Crippen MR) is 96.6 cm³/mol. The van der Waals surface area contributed by atoms with Crippen LogP contribution in [0.5, 0.6) is 0 Å². The smallest absolute Gasteiger partial charge is 0.0494 e. The first kappa shape index (κ1) is 17.5. The standard InChI is InChI=1S/C14H15NS.C5H12/c1-11-5-7-13(8-6-11)12(2)15-10-14-4-3-9-16-14;1-3-5-4-2/h3-9,15H,2,10H2,1H3;3-5H2,1-2H3. The number of nitrogens with one attached hydrogen (secondary N) is 1. The Balaban J connectivity index is 0.000000383. The second kappa shape index (κ2) is 10.2. The van der Waals surface area contributed by atoms with Crippen molar-refractivity contribution in [2.75, 3.05) is 0 Å². The molecule has 0 atom stereocenters. The Morgan fingerprint density at radius 3 is 2.24 bits per heavy atom. The molecule has 1 aromatic heterocycles. The number of aryl methyl sites for hydroxylation is 1. The largest absolute Gasteiger partial charge is 0.380 e. The quantitative estimate of drug-likeness (QED) is 0.688. The van der Waals surface area contributed by atoms with E-state index in [1.165, 1.54) is 29.7 Å². The first-order chi connectivity index (χ1) is 10.2. The highest BCUT2D eigenvalue weighted by Crippen LogP contribution is 2.13. The fraction of sp³-hybridized carbons (Fsp3) is 0.368. The molecule has 0 aliphatic carbocycles. The van der Waals surface area contributed by atoms with Gasteiger partial charge in [0, 0.05) is 17.1 Å². The number of hydrogen-bond acceptors (Lipinski definition) is 2. The lowest BCUT2D eigenvalue weighted by Crippen LogP contribution is -2.09. The van der Waals surface area contributed by atoms with Gasteiger partial charge >= 0.3 is 0 Å². The number of rotatable bonds is 6. The number of thiophene rings is 1. The van der Waals surface area contributed by atoms with Gasteiger partial charge in [0.15, 0.2) is 0 Å². The first-order valence-electron chi connectivity index (χ1n) is 7.69. The molecule has 0 amide bonds. The normalized spacial score (nSPS) is 9.67. The van der Waals surface area contributed by atoms with Crippen molar-refractivity contribution in [1.82, 2.24) is 5.32 Å². The maximum atomic E-state index is 4.05. The van der Waals surface area contributed by atoms with E-state index in [9.17, 15) is 0 Å². The van der Waals surface area contributed by atoms with Gasteiger partial charge in [0.1, 0.15) is 0 Å². The van der Waals surface area contributed by atoms with Crippen LogP contribution < -0.4 is 5.32 Å². The number of unbranched alkanes of at least 4 members (excludes halogenated alkanes) is 2. The predicted octanol–water partition coefficient (Wildman–Crippen LogP) is 6.01. The summed E-state index contributed by atoms with van der Waals surface area (Å²) in [6.07, 6.45) is 4.08. The fourth-order valence-corrected chi connectivity index (χ4v) is 2.46. The van der Waals surface area contributed by atoms with Crippen LogP contribution in [-0.2, 0) is 6.54 Å². The molecule has 2 aromatic rings. The third-order valence-electron chi connectivity index (χ3n) is 3.16. The summed E-state index contributed by atoms with van der Waals surface area (Å²) in [6.45, 7) is 11.4. The van der Waals surface area contributed by atoms with Crippen LogP contribution in [0.2, 0.25) is 0 Å². The van der Waals surface area contributed by atoms with Crippen LogP contribution in [0.15, 0.2) is 48.4 Å². The molecule has 114 valence electrons. The molecule has 0 radical (unpaired) electrons. The van der Waals surface area contributed by atoms with E-state index >= 15 is 0 Å². The monoisotopic (exact) mass is 301 g/mol. The van der Waals surface area contributed by atoms with E-state index in [-0.39, 0.29) is 0 Å². The van der Waals surface area contributed by atoms with Crippen LogP contribution >= 0.6 is 11.3 Å². The van der Waals surface area contributed by atoms with Crippen molar-refractivity contribution in [2.45, 2.75) is 46.6 Å². The average Bonchev–Trinajstić information content (AvgIpc) is 3.00. The Bertz CT molecular complexity index is 495. The zero-order valence-corrected chi connectivity index (χ0v) is 14.3. The second-order valence-corrected chi connectivity index (χ2v) is 6.16. The number of benzene rings is 1. The van der Waals surface area contributed by atoms with Crippen molar-refractivity contribution >= 4 is 17.0 Å². The van der Waals surface area contributed by atoms with Gasteiger partial charge in [0.05, 0.1) is 0 Å². The Kier molecular flexibility index (Phi) is 8.53. The third kappa shape index (κ3) is 7.14. The first-order valence-corrected chi connectivity index (χ1v) is 8.57. The molecule has 0 spiro atoms. The highest BCUT2D eigenvalue weighted by molar-refractivity contribution is 7.09. The molecule has 0 saturated heterocycles. The van der Waals surface area contributed by atoms with Crippen molar-refractivity contribution in [1.29, 1.82) is 0 Å². The maximum Gasteiger partial charge on any atom is 0.0494 e. The lowest BCUT2D eigenvalue weighted by atomic mass is 10.1. The highest BCUT2D eigenvalue weighted by Gasteiger charge is 1.98. The molecule has 0 saturated carbocycles. The molecule has 1 nitrogen and oxygen atoms in total. The van der Waals surface area contributed by atoms with Crippen LogP contribution in [0.3, 0.4) is 0 Å². The molecular formula is C19H27NS. The van der Waals surface area contributed by atoms with Crippen LogP contribution in [0.4, 0.5) is 0 Å².